The number of benzene rings is 2. The van der Waals surface area contributed by atoms with Gasteiger partial charge in [-0.3, -0.25) is 4.79 Å². The smallest absolute Gasteiger partial charge is 0.223 e. The number of rotatable bonds is 7. The summed E-state index contributed by atoms with van der Waals surface area (Å²) in [5.41, 5.74) is 7.40. The number of hydrogen-bond acceptors (Lipinski definition) is 3. The van der Waals surface area contributed by atoms with E-state index in [2.05, 4.69) is 15.3 Å². The summed E-state index contributed by atoms with van der Waals surface area (Å²) in [7, 11) is 0. The first-order valence-corrected chi connectivity index (χ1v) is 11.1. The van der Waals surface area contributed by atoms with Gasteiger partial charge in [0.15, 0.2) is 0 Å². The van der Waals surface area contributed by atoms with Gasteiger partial charge in [-0.05, 0) is 62.3 Å². The van der Waals surface area contributed by atoms with Crippen LogP contribution in [0.4, 0.5) is 8.78 Å². The summed E-state index contributed by atoms with van der Waals surface area (Å²) in [6.07, 6.45) is 5.72. The van der Waals surface area contributed by atoms with Gasteiger partial charge in [0.1, 0.15) is 17.5 Å². The molecule has 0 saturated heterocycles. The van der Waals surface area contributed by atoms with Crippen LogP contribution in [0.25, 0.3) is 11.3 Å². The topological polar surface area (TPSA) is 83.8 Å². The molecule has 4 N–H and O–H groups in total. The van der Waals surface area contributed by atoms with Crippen LogP contribution in [-0.4, -0.2) is 22.4 Å². The molecule has 1 heterocycles. The standard InChI is InChI=1S/C25H28F2N4O/c26-19-10-11-20(21(27)13-19)23-15-29-24(30-23)22(12-16-4-2-1-3-5-16)31-25(32)18-8-6-17(14-28)7-9-18/h1-5,10-11,13,15,17-18,22H,6-9,12,14,28H2,(H,29,30)(H,31,32)/t17-,18-,22-/m0/s1. The summed E-state index contributed by atoms with van der Waals surface area (Å²) in [5, 5.41) is 3.16. The Hall–Kier alpha value is -3.06. The van der Waals surface area contributed by atoms with E-state index in [1.54, 1.807) is 6.20 Å². The molecule has 2 aromatic carbocycles. The molecule has 7 heteroatoms. The van der Waals surface area contributed by atoms with Crippen LogP contribution in [0.2, 0.25) is 0 Å². The third-order valence-corrected chi connectivity index (χ3v) is 6.28. The first kappa shape index (κ1) is 22.1. The molecule has 1 aliphatic rings. The van der Waals surface area contributed by atoms with E-state index in [9.17, 15) is 13.6 Å². The molecule has 1 fully saturated rings. The molecule has 1 amide bonds. The fourth-order valence-electron chi connectivity index (χ4n) is 4.37. The van der Waals surface area contributed by atoms with Crippen molar-refractivity contribution in [1.29, 1.82) is 0 Å². The number of aromatic nitrogens is 2. The third kappa shape index (κ3) is 5.22. The summed E-state index contributed by atoms with van der Waals surface area (Å²) in [6, 6.07) is 12.8. The van der Waals surface area contributed by atoms with Crippen molar-refractivity contribution in [3.63, 3.8) is 0 Å². The molecule has 0 radical (unpaired) electrons. The van der Waals surface area contributed by atoms with E-state index < -0.39 is 17.7 Å². The first-order chi connectivity index (χ1) is 15.5. The average molecular weight is 439 g/mol. The number of nitrogens with zero attached hydrogens (tertiary/aromatic N) is 1. The number of aromatic amines is 1. The van der Waals surface area contributed by atoms with E-state index in [1.807, 2.05) is 30.3 Å². The lowest BCUT2D eigenvalue weighted by atomic mass is 9.81. The fourth-order valence-corrected chi connectivity index (χ4v) is 4.37. The van der Waals surface area contributed by atoms with E-state index in [4.69, 9.17) is 5.73 Å². The normalized spacial score (nSPS) is 19.5. The van der Waals surface area contributed by atoms with E-state index in [1.165, 1.54) is 12.1 Å². The van der Waals surface area contributed by atoms with Gasteiger partial charge in [0.25, 0.3) is 0 Å². The van der Waals surface area contributed by atoms with E-state index >= 15 is 0 Å². The highest BCUT2D eigenvalue weighted by molar-refractivity contribution is 5.79. The van der Waals surface area contributed by atoms with Crippen LogP contribution in [-0.2, 0) is 11.2 Å². The molecule has 1 aliphatic carbocycles. The van der Waals surface area contributed by atoms with Gasteiger partial charge in [-0.15, -0.1) is 0 Å². The fraction of sp³-hybridized carbons (Fsp3) is 0.360. The predicted octanol–water partition coefficient (Wildman–Crippen LogP) is 4.52. The number of H-pyrrole nitrogens is 1. The maximum Gasteiger partial charge on any atom is 0.223 e. The molecule has 3 aromatic rings. The van der Waals surface area contributed by atoms with Gasteiger partial charge in [-0.1, -0.05) is 30.3 Å². The van der Waals surface area contributed by atoms with Crippen LogP contribution in [0.3, 0.4) is 0 Å². The Labute approximate surface area is 186 Å². The molecular formula is C25H28F2N4O. The zero-order valence-corrected chi connectivity index (χ0v) is 17.9. The van der Waals surface area contributed by atoms with Crippen molar-refractivity contribution >= 4 is 5.91 Å². The highest BCUT2D eigenvalue weighted by Gasteiger charge is 2.28. The Kier molecular flexibility index (Phi) is 6.95. The summed E-state index contributed by atoms with van der Waals surface area (Å²) < 4.78 is 27.5. The predicted molar refractivity (Wildman–Crippen MR) is 119 cm³/mol. The minimum Gasteiger partial charge on any atom is -0.346 e. The number of carbonyl (C=O) groups is 1. The van der Waals surface area contributed by atoms with E-state index in [0.717, 1.165) is 37.3 Å². The van der Waals surface area contributed by atoms with Crippen LogP contribution in [0, 0.1) is 23.5 Å². The van der Waals surface area contributed by atoms with Gasteiger partial charge < -0.3 is 16.0 Å². The third-order valence-electron chi connectivity index (χ3n) is 6.28. The number of carbonyl (C=O) groups excluding carboxylic acids is 1. The van der Waals surface area contributed by atoms with Crippen LogP contribution in [0.15, 0.2) is 54.7 Å². The zero-order chi connectivity index (χ0) is 22.5. The summed E-state index contributed by atoms with van der Waals surface area (Å²) in [6.45, 7) is 0.667. The molecule has 32 heavy (non-hydrogen) atoms. The second-order valence-electron chi connectivity index (χ2n) is 8.50. The molecule has 0 spiro atoms. The first-order valence-electron chi connectivity index (χ1n) is 11.1. The van der Waals surface area contributed by atoms with Crippen molar-refractivity contribution in [3.05, 3.63) is 77.8 Å². The molecule has 5 nitrogen and oxygen atoms in total. The quantitative estimate of drug-likeness (QED) is 0.507. The average Bonchev–Trinajstić information content (AvgIpc) is 3.29. The highest BCUT2D eigenvalue weighted by Crippen LogP contribution is 2.30. The second kappa shape index (κ2) is 10.0. The summed E-state index contributed by atoms with van der Waals surface area (Å²) in [5.74, 6) is -0.315. The molecular weight excluding hydrogens is 410 g/mol. The van der Waals surface area contributed by atoms with Gasteiger partial charge >= 0.3 is 0 Å². The monoisotopic (exact) mass is 438 g/mol. The number of halogens is 2. The van der Waals surface area contributed by atoms with Crippen LogP contribution < -0.4 is 11.1 Å². The maximum absolute atomic E-state index is 14.2. The van der Waals surface area contributed by atoms with Gasteiger partial charge in [0.05, 0.1) is 11.7 Å². The van der Waals surface area contributed by atoms with Gasteiger partial charge in [0, 0.05) is 23.7 Å². The Bertz CT molecular complexity index is 1050. The molecule has 0 aliphatic heterocycles. The van der Waals surface area contributed by atoms with Crippen molar-refractivity contribution in [2.75, 3.05) is 6.54 Å². The van der Waals surface area contributed by atoms with Gasteiger partial charge in [-0.25, -0.2) is 13.8 Å². The second-order valence-corrected chi connectivity index (χ2v) is 8.50. The largest absolute Gasteiger partial charge is 0.346 e. The number of imidazole rings is 1. The number of amides is 1. The molecule has 0 bridgehead atoms. The van der Waals surface area contributed by atoms with Crippen molar-refractivity contribution < 1.29 is 13.6 Å². The molecule has 0 unspecified atom stereocenters. The molecule has 1 saturated carbocycles. The molecule has 168 valence electrons. The highest BCUT2D eigenvalue weighted by atomic mass is 19.1. The SMILES string of the molecule is NC[C@H]1CC[C@H](C(=O)N[C@@H](Cc2ccccc2)c2nc(-c3ccc(F)cc3F)c[nH]2)CC1. The van der Waals surface area contributed by atoms with Crippen LogP contribution in [0.5, 0.6) is 0 Å². The van der Waals surface area contributed by atoms with E-state index in [0.29, 0.717) is 30.4 Å². The molecule has 4 rings (SSSR count). The Balaban J connectivity index is 1.54. The van der Waals surface area contributed by atoms with Crippen molar-refractivity contribution in [1.82, 2.24) is 15.3 Å². The minimum absolute atomic E-state index is 0.00677. The van der Waals surface area contributed by atoms with Crippen molar-refractivity contribution in [3.8, 4) is 11.3 Å². The van der Waals surface area contributed by atoms with Gasteiger partial charge in [-0.2, -0.15) is 0 Å². The number of nitrogens with one attached hydrogen (secondary N) is 2. The molecule has 1 aromatic heterocycles. The van der Waals surface area contributed by atoms with Gasteiger partial charge in [0.2, 0.25) is 5.91 Å². The van der Waals surface area contributed by atoms with Crippen LogP contribution >= 0.6 is 0 Å². The zero-order valence-electron chi connectivity index (χ0n) is 17.9. The lowest BCUT2D eigenvalue weighted by molar-refractivity contribution is -0.127. The summed E-state index contributed by atoms with van der Waals surface area (Å²) in [4.78, 5) is 20.7. The lowest BCUT2D eigenvalue weighted by Crippen LogP contribution is -2.37. The number of nitrogens with two attached hydrogens (primary N) is 1. The number of hydrogen-bond donors (Lipinski definition) is 3. The van der Waals surface area contributed by atoms with Crippen molar-refractivity contribution in [2.45, 2.75) is 38.1 Å². The molecule has 1 atom stereocenters. The lowest BCUT2D eigenvalue weighted by Gasteiger charge is -2.28. The maximum atomic E-state index is 14.2. The Morgan fingerprint density at radius 3 is 2.56 bits per heavy atom. The van der Waals surface area contributed by atoms with E-state index in [-0.39, 0.29) is 17.4 Å². The van der Waals surface area contributed by atoms with Crippen LogP contribution in [0.1, 0.15) is 43.1 Å². The van der Waals surface area contributed by atoms with Crippen molar-refractivity contribution in [2.24, 2.45) is 17.6 Å². The Morgan fingerprint density at radius 1 is 1.12 bits per heavy atom. The minimum atomic E-state index is -0.677. The summed E-state index contributed by atoms with van der Waals surface area (Å²) >= 11 is 0. The Morgan fingerprint density at radius 2 is 1.88 bits per heavy atom.